The fourth-order valence-corrected chi connectivity index (χ4v) is 0.0891. The number of hydrogen-bond donors (Lipinski definition) is 0. The van der Waals surface area contributed by atoms with Crippen LogP contribution in [0.1, 0.15) is 6.92 Å². The Kier molecular flexibility index (Phi) is 3.64. The van der Waals surface area contributed by atoms with Crippen molar-refractivity contribution in [3.05, 3.63) is 4.91 Å². The molecule has 0 saturated heterocycles. The van der Waals surface area contributed by atoms with Gasteiger partial charge in [-0.2, -0.15) is 5.11 Å². The molecular formula is C2H5N3O. The first-order chi connectivity index (χ1) is 2.91. The van der Waals surface area contributed by atoms with Gasteiger partial charge in [0.05, 0.1) is 6.54 Å². The van der Waals surface area contributed by atoms with E-state index in [1.807, 2.05) is 0 Å². The van der Waals surface area contributed by atoms with Crippen LogP contribution in [-0.4, -0.2) is 6.54 Å². The van der Waals surface area contributed by atoms with Gasteiger partial charge in [0, 0.05) is 0 Å². The maximum absolute atomic E-state index is 9.05. The maximum atomic E-state index is 9.05. The zero-order valence-electron chi connectivity index (χ0n) is 3.46. The van der Waals surface area contributed by atoms with Crippen LogP contribution in [0.25, 0.3) is 0 Å². The summed E-state index contributed by atoms with van der Waals surface area (Å²) in [6.45, 7) is 2.29. The molecule has 0 radical (unpaired) electrons. The van der Waals surface area contributed by atoms with E-state index in [4.69, 9.17) is 4.91 Å². The van der Waals surface area contributed by atoms with E-state index in [0.717, 1.165) is 0 Å². The molecule has 34 valence electrons. The van der Waals surface area contributed by atoms with Gasteiger partial charge in [-0.25, -0.2) is 0 Å². The molecule has 0 heterocycles. The molecule has 0 unspecified atom stereocenters. The van der Waals surface area contributed by atoms with E-state index in [-0.39, 0.29) is 0 Å². The van der Waals surface area contributed by atoms with Crippen LogP contribution in [0.4, 0.5) is 0 Å². The quantitative estimate of drug-likeness (QED) is 0.283. The normalized spacial score (nSPS) is 9.50. The summed E-state index contributed by atoms with van der Waals surface area (Å²) in [6, 6.07) is 0. The topological polar surface area (TPSA) is 54.1 Å². The van der Waals surface area contributed by atoms with Crippen LogP contribution in [0.2, 0.25) is 0 Å². The van der Waals surface area contributed by atoms with Crippen molar-refractivity contribution in [2.24, 2.45) is 15.6 Å². The standard InChI is InChI=1S/C2H5N3O/c1-2-3-4-5-6/h2H2,1H3. The SMILES string of the molecule is CCN=NN=O. The largest absolute Gasteiger partial charge is 0.166 e. The van der Waals surface area contributed by atoms with Gasteiger partial charge in [0.1, 0.15) is 5.29 Å². The Hall–Kier alpha value is -0.800. The van der Waals surface area contributed by atoms with Crippen LogP contribution in [0, 0.1) is 4.91 Å². The summed E-state index contributed by atoms with van der Waals surface area (Å²) in [4.78, 5) is 9.05. The van der Waals surface area contributed by atoms with Crippen LogP contribution in [0.15, 0.2) is 15.6 Å². The predicted octanol–water partition coefficient (Wildman–Crippen LogP) is 1.14. The van der Waals surface area contributed by atoms with Gasteiger partial charge in [-0.3, -0.25) is 0 Å². The second kappa shape index (κ2) is 4.20. The Balaban J connectivity index is 2.94. The minimum Gasteiger partial charge on any atom is -0.166 e. The second-order valence-corrected chi connectivity index (χ2v) is 0.629. The molecule has 4 nitrogen and oxygen atoms in total. The van der Waals surface area contributed by atoms with E-state index < -0.39 is 0 Å². The Morgan fingerprint density at radius 3 is 2.50 bits per heavy atom. The third kappa shape index (κ3) is 3.20. The number of nitrogens with zero attached hydrogens (tertiary/aromatic N) is 3. The summed E-state index contributed by atoms with van der Waals surface area (Å²) in [5.74, 6) is 0. The van der Waals surface area contributed by atoms with Gasteiger partial charge < -0.3 is 0 Å². The highest BCUT2D eigenvalue weighted by Gasteiger charge is 1.59. The smallest absolute Gasteiger partial charge is 0.100 e. The second-order valence-electron chi connectivity index (χ2n) is 0.629. The minimum absolute atomic E-state index is 0.520. The van der Waals surface area contributed by atoms with E-state index in [1.54, 1.807) is 6.92 Å². The minimum atomic E-state index is 0.520. The lowest BCUT2D eigenvalue weighted by Crippen LogP contribution is -1.57. The zero-order valence-corrected chi connectivity index (χ0v) is 3.46. The van der Waals surface area contributed by atoms with E-state index in [1.165, 1.54) is 0 Å². The molecule has 0 fully saturated rings. The third-order valence-electron chi connectivity index (χ3n) is 0.241. The fourth-order valence-electron chi connectivity index (χ4n) is 0.0891. The maximum Gasteiger partial charge on any atom is 0.100 e. The Morgan fingerprint density at radius 2 is 2.33 bits per heavy atom. The molecule has 0 aromatic rings. The van der Waals surface area contributed by atoms with Gasteiger partial charge in [0.25, 0.3) is 0 Å². The molecule has 0 amide bonds. The van der Waals surface area contributed by atoms with Gasteiger partial charge in [-0.15, -0.1) is 4.91 Å². The summed E-state index contributed by atoms with van der Waals surface area (Å²) in [6.07, 6.45) is 0. The van der Waals surface area contributed by atoms with Crippen LogP contribution >= 0.6 is 0 Å². The van der Waals surface area contributed by atoms with Gasteiger partial charge in [0.15, 0.2) is 0 Å². The first-order valence-electron chi connectivity index (χ1n) is 1.61. The van der Waals surface area contributed by atoms with Crippen LogP contribution in [0.5, 0.6) is 0 Å². The molecule has 0 atom stereocenters. The number of nitroso groups, excluding NO2 is 1. The van der Waals surface area contributed by atoms with Crippen molar-refractivity contribution in [1.29, 1.82) is 0 Å². The monoisotopic (exact) mass is 87.0 g/mol. The summed E-state index contributed by atoms with van der Waals surface area (Å²) in [5, 5.41) is 8.15. The molecule has 0 aromatic heterocycles. The average molecular weight is 87.1 g/mol. The summed E-state index contributed by atoms with van der Waals surface area (Å²) >= 11 is 0. The van der Waals surface area contributed by atoms with Crippen LogP contribution in [0.3, 0.4) is 0 Å². The van der Waals surface area contributed by atoms with Crippen molar-refractivity contribution < 1.29 is 0 Å². The molecule has 0 saturated carbocycles. The predicted molar refractivity (Wildman–Crippen MR) is 21.2 cm³/mol. The van der Waals surface area contributed by atoms with Gasteiger partial charge in [-0.05, 0) is 12.1 Å². The lowest BCUT2D eigenvalue weighted by atomic mass is 10.8. The van der Waals surface area contributed by atoms with Crippen molar-refractivity contribution in [2.45, 2.75) is 6.92 Å². The molecule has 0 bridgehead atoms. The van der Waals surface area contributed by atoms with Crippen molar-refractivity contribution in [2.75, 3.05) is 6.54 Å². The van der Waals surface area contributed by atoms with E-state index in [9.17, 15) is 0 Å². The van der Waals surface area contributed by atoms with Crippen molar-refractivity contribution in [1.82, 2.24) is 0 Å². The average Bonchev–Trinajstić information content (AvgIpc) is 1.61. The highest BCUT2D eigenvalue weighted by Crippen LogP contribution is 1.70. The molecule has 0 N–H and O–H groups in total. The van der Waals surface area contributed by atoms with Crippen molar-refractivity contribution in [3.63, 3.8) is 0 Å². The first-order valence-corrected chi connectivity index (χ1v) is 1.61. The van der Waals surface area contributed by atoms with Gasteiger partial charge in [-0.1, -0.05) is 0 Å². The van der Waals surface area contributed by atoms with Crippen LogP contribution < -0.4 is 0 Å². The summed E-state index contributed by atoms with van der Waals surface area (Å²) in [5.41, 5.74) is 0. The lowest BCUT2D eigenvalue weighted by Gasteiger charge is -1.64. The molecule has 6 heavy (non-hydrogen) atoms. The van der Waals surface area contributed by atoms with Crippen molar-refractivity contribution in [3.8, 4) is 0 Å². The fraction of sp³-hybridized carbons (Fsp3) is 1.00. The van der Waals surface area contributed by atoms with Gasteiger partial charge >= 0.3 is 0 Å². The van der Waals surface area contributed by atoms with Gasteiger partial charge in [0.2, 0.25) is 0 Å². The Bertz CT molecular complexity index is 59.8. The van der Waals surface area contributed by atoms with Crippen LogP contribution in [-0.2, 0) is 0 Å². The summed E-state index contributed by atoms with van der Waals surface area (Å²) in [7, 11) is 0. The molecule has 0 aromatic carbocycles. The molecule has 0 rings (SSSR count). The highest BCUT2D eigenvalue weighted by atomic mass is 16.3. The lowest BCUT2D eigenvalue weighted by molar-refractivity contribution is 0.921. The molecule has 0 aliphatic carbocycles. The Morgan fingerprint density at radius 1 is 1.67 bits per heavy atom. The van der Waals surface area contributed by atoms with E-state index in [2.05, 4.69) is 15.6 Å². The zero-order chi connectivity index (χ0) is 4.83. The molecule has 0 aliphatic heterocycles. The highest BCUT2D eigenvalue weighted by molar-refractivity contribution is 4.19. The Labute approximate surface area is 35.2 Å². The first kappa shape index (κ1) is 5.20. The van der Waals surface area contributed by atoms with E-state index in [0.29, 0.717) is 6.54 Å². The number of hydrogen-bond acceptors (Lipinski definition) is 2. The van der Waals surface area contributed by atoms with E-state index >= 15 is 0 Å². The molecule has 4 heteroatoms. The summed E-state index contributed by atoms with van der Waals surface area (Å²) < 4.78 is 0. The molecule has 0 spiro atoms. The third-order valence-corrected chi connectivity index (χ3v) is 0.241. The molecule has 0 aliphatic rings. The number of rotatable bonds is 2. The molecular weight excluding hydrogens is 82.0 g/mol. The van der Waals surface area contributed by atoms with Crippen molar-refractivity contribution >= 4 is 0 Å².